The van der Waals surface area contributed by atoms with Crippen molar-refractivity contribution in [1.29, 1.82) is 0 Å². The van der Waals surface area contributed by atoms with Gasteiger partial charge in [-0.3, -0.25) is 14.5 Å². The lowest BCUT2D eigenvalue weighted by Crippen LogP contribution is -2.60. The van der Waals surface area contributed by atoms with E-state index in [0.717, 1.165) is 31.6 Å². The minimum atomic E-state index is -0.279. The molecule has 6 aliphatic rings. The highest BCUT2D eigenvalue weighted by molar-refractivity contribution is 6.00. The lowest BCUT2D eigenvalue weighted by molar-refractivity contribution is -0.140. The molecule has 7 rings (SSSR count). The van der Waals surface area contributed by atoms with Crippen LogP contribution in [0.25, 0.3) is 0 Å². The van der Waals surface area contributed by atoms with Crippen molar-refractivity contribution < 1.29 is 19.1 Å². The van der Waals surface area contributed by atoms with Crippen molar-refractivity contribution in [3.8, 4) is 11.5 Å². The molecule has 0 radical (unpaired) electrons. The van der Waals surface area contributed by atoms with Crippen LogP contribution in [0.5, 0.6) is 11.5 Å². The molecule has 0 N–H and O–H groups in total. The Balaban J connectivity index is 1.11. The van der Waals surface area contributed by atoms with E-state index in [1.54, 1.807) is 4.90 Å². The first-order valence-corrected chi connectivity index (χ1v) is 13.6. The van der Waals surface area contributed by atoms with Gasteiger partial charge in [-0.2, -0.15) is 0 Å². The van der Waals surface area contributed by atoms with Crippen molar-refractivity contribution in [2.24, 2.45) is 17.8 Å². The molecule has 0 spiro atoms. The molecule has 5 aliphatic heterocycles. The van der Waals surface area contributed by atoms with Crippen molar-refractivity contribution in [1.82, 2.24) is 9.80 Å². The number of benzene rings is 1. The van der Waals surface area contributed by atoms with Crippen LogP contribution in [0.3, 0.4) is 0 Å². The third-order valence-electron chi connectivity index (χ3n) is 9.25. The molecule has 7 nitrogen and oxygen atoms in total. The van der Waals surface area contributed by atoms with Gasteiger partial charge in [-0.15, -0.1) is 0 Å². The first-order chi connectivity index (χ1) is 17.2. The highest BCUT2D eigenvalue weighted by atomic mass is 16.6. The molecule has 0 aromatic heterocycles. The Labute approximate surface area is 207 Å². The first-order valence-electron chi connectivity index (χ1n) is 13.6. The fraction of sp³-hybridized carbons (Fsp3) is 0.643. The highest BCUT2D eigenvalue weighted by Gasteiger charge is 2.48. The summed E-state index contributed by atoms with van der Waals surface area (Å²) >= 11 is 0. The molecule has 0 saturated carbocycles. The Kier molecular flexibility index (Phi) is 5.30. The van der Waals surface area contributed by atoms with E-state index >= 15 is 0 Å². The summed E-state index contributed by atoms with van der Waals surface area (Å²) in [6, 6.07) is 6.58. The molecular formula is C28H35N3O4. The zero-order valence-corrected chi connectivity index (χ0v) is 20.4. The molecule has 2 amide bonds. The average molecular weight is 478 g/mol. The van der Waals surface area contributed by atoms with Crippen LogP contribution in [-0.2, 0) is 9.59 Å². The van der Waals surface area contributed by atoms with E-state index in [1.165, 1.54) is 37.8 Å². The standard InChI is InChI=1S/C28H35N3O4/c32-26-14-21(17-31(26)22-6-7-24-25(15-22)35-11-10-34-24)28(33)30-9-3-4-18-12-19-13-20(27(18)30)16-29-8-2-1-5-23(19)29/h6-7,12,15,19-21,23,27H,1-5,8-11,13-14,16-17H2/t19-,20+,21+,23+,27-/m0/s1. The Hall–Kier alpha value is -2.54. The van der Waals surface area contributed by atoms with Gasteiger partial charge in [0.1, 0.15) is 13.2 Å². The van der Waals surface area contributed by atoms with Crippen molar-refractivity contribution in [3.63, 3.8) is 0 Å². The number of carbonyl (C=O) groups is 2. The molecular weight excluding hydrogens is 442 g/mol. The number of hydrogen-bond acceptors (Lipinski definition) is 5. The van der Waals surface area contributed by atoms with E-state index in [-0.39, 0.29) is 30.2 Å². The number of piperidine rings is 3. The van der Waals surface area contributed by atoms with Crippen molar-refractivity contribution in [3.05, 3.63) is 29.8 Å². The number of fused-ring (bicyclic) bond motifs is 7. The van der Waals surface area contributed by atoms with E-state index in [4.69, 9.17) is 9.47 Å². The van der Waals surface area contributed by atoms with E-state index in [1.807, 2.05) is 18.2 Å². The maximum atomic E-state index is 13.9. The predicted octanol–water partition coefficient (Wildman–Crippen LogP) is 3.23. The molecule has 186 valence electrons. The second-order valence-corrected chi connectivity index (χ2v) is 11.3. The maximum absolute atomic E-state index is 13.9. The minimum Gasteiger partial charge on any atom is -0.486 e. The van der Waals surface area contributed by atoms with Gasteiger partial charge >= 0.3 is 0 Å². The number of ether oxygens (including phenoxy) is 2. The largest absolute Gasteiger partial charge is 0.486 e. The van der Waals surface area contributed by atoms with E-state index in [0.29, 0.717) is 49.1 Å². The second-order valence-electron chi connectivity index (χ2n) is 11.3. The summed E-state index contributed by atoms with van der Waals surface area (Å²) in [5, 5.41) is 0. The molecule has 1 aromatic rings. The van der Waals surface area contributed by atoms with E-state index in [2.05, 4.69) is 15.9 Å². The number of likely N-dealkylation sites (tertiary alicyclic amines) is 1. The van der Waals surface area contributed by atoms with Gasteiger partial charge in [0, 0.05) is 43.9 Å². The monoisotopic (exact) mass is 477 g/mol. The smallest absolute Gasteiger partial charge is 0.228 e. The van der Waals surface area contributed by atoms with Crippen LogP contribution in [0, 0.1) is 17.8 Å². The van der Waals surface area contributed by atoms with E-state index < -0.39 is 0 Å². The zero-order chi connectivity index (χ0) is 23.5. The quantitative estimate of drug-likeness (QED) is 0.612. The van der Waals surface area contributed by atoms with E-state index in [9.17, 15) is 9.59 Å². The van der Waals surface area contributed by atoms with Gasteiger partial charge in [-0.1, -0.05) is 18.1 Å². The Morgan fingerprint density at radius 2 is 1.89 bits per heavy atom. The van der Waals surface area contributed by atoms with Gasteiger partial charge < -0.3 is 19.3 Å². The first kappa shape index (κ1) is 21.7. The Morgan fingerprint density at radius 1 is 1.00 bits per heavy atom. The average Bonchev–Trinajstić information content (AvgIpc) is 3.29. The van der Waals surface area contributed by atoms with Crippen molar-refractivity contribution in [2.45, 2.75) is 57.0 Å². The number of anilines is 1. The predicted molar refractivity (Wildman–Crippen MR) is 132 cm³/mol. The van der Waals surface area contributed by atoms with Gasteiger partial charge in [0.05, 0.1) is 12.0 Å². The van der Waals surface area contributed by atoms with Crippen molar-refractivity contribution in [2.75, 3.05) is 44.3 Å². The molecule has 1 aromatic carbocycles. The summed E-state index contributed by atoms with van der Waals surface area (Å²) in [6.45, 7) is 4.65. The van der Waals surface area contributed by atoms with Gasteiger partial charge in [-0.25, -0.2) is 0 Å². The van der Waals surface area contributed by atoms with Gasteiger partial charge in [0.15, 0.2) is 11.5 Å². The molecule has 35 heavy (non-hydrogen) atoms. The number of amides is 2. The molecule has 2 bridgehead atoms. The SMILES string of the molecule is O=C1C[C@@H](C(=O)N2CCCC3=C[C@H]4C[C@H](CN5CCCC[C@H]45)[C@H]32)CN1c1ccc2c(c1)OCCO2. The van der Waals surface area contributed by atoms with Crippen LogP contribution < -0.4 is 14.4 Å². The minimum absolute atomic E-state index is 0.0188. The second kappa shape index (κ2) is 8.54. The molecule has 5 heterocycles. The topological polar surface area (TPSA) is 62.3 Å². The summed E-state index contributed by atoms with van der Waals surface area (Å²) in [5.41, 5.74) is 2.29. The normalized spacial score (nSPS) is 34.2. The number of nitrogens with zero attached hydrogens (tertiary/aromatic N) is 3. The van der Waals surface area contributed by atoms with Crippen LogP contribution in [0.1, 0.15) is 44.9 Å². The molecule has 4 fully saturated rings. The lowest BCUT2D eigenvalue weighted by atomic mass is 9.68. The van der Waals surface area contributed by atoms with Gasteiger partial charge in [-0.05, 0) is 62.6 Å². The molecule has 7 heteroatoms. The zero-order valence-electron chi connectivity index (χ0n) is 20.4. The molecule has 5 atom stereocenters. The molecule has 1 aliphatic carbocycles. The third kappa shape index (κ3) is 3.65. The van der Waals surface area contributed by atoms with Crippen LogP contribution in [0.15, 0.2) is 29.8 Å². The Morgan fingerprint density at radius 3 is 2.80 bits per heavy atom. The van der Waals surface area contributed by atoms with Crippen LogP contribution in [-0.4, -0.2) is 73.1 Å². The van der Waals surface area contributed by atoms with Gasteiger partial charge in [0.2, 0.25) is 11.8 Å². The van der Waals surface area contributed by atoms with Crippen LogP contribution in [0.2, 0.25) is 0 Å². The van der Waals surface area contributed by atoms with Crippen LogP contribution >= 0.6 is 0 Å². The van der Waals surface area contributed by atoms with Crippen LogP contribution in [0.4, 0.5) is 5.69 Å². The summed E-state index contributed by atoms with van der Waals surface area (Å²) in [5.74, 6) is 2.49. The number of carbonyl (C=O) groups excluding carboxylic acids is 2. The summed E-state index contributed by atoms with van der Waals surface area (Å²) in [4.78, 5) is 33.6. The lowest BCUT2D eigenvalue weighted by Gasteiger charge is -2.55. The summed E-state index contributed by atoms with van der Waals surface area (Å²) in [6.07, 6.45) is 10.2. The molecule has 4 saturated heterocycles. The van der Waals surface area contributed by atoms with Crippen molar-refractivity contribution >= 4 is 17.5 Å². The third-order valence-corrected chi connectivity index (χ3v) is 9.25. The summed E-state index contributed by atoms with van der Waals surface area (Å²) < 4.78 is 11.3. The maximum Gasteiger partial charge on any atom is 0.228 e. The fourth-order valence-electron chi connectivity index (χ4n) is 7.78. The highest BCUT2D eigenvalue weighted by Crippen LogP contribution is 2.46. The Bertz CT molecular complexity index is 1070. The van der Waals surface area contributed by atoms with Gasteiger partial charge in [0.25, 0.3) is 0 Å². The fourth-order valence-corrected chi connectivity index (χ4v) is 7.78. The number of hydrogen-bond donors (Lipinski definition) is 0. The summed E-state index contributed by atoms with van der Waals surface area (Å²) in [7, 11) is 0. The number of rotatable bonds is 2. The molecule has 0 unspecified atom stereocenters.